The summed E-state index contributed by atoms with van der Waals surface area (Å²) in [6, 6.07) is 13.7. The van der Waals surface area contributed by atoms with E-state index in [-0.39, 0.29) is 5.91 Å². The quantitative estimate of drug-likeness (QED) is 0.807. The molecule has 0 aromatic heterocycles. The van der Waals surface area contributed by atoms with Crippen LogP contribution in [-0.4, -0.2) is 17.4 Å². The fraction of sp³-hybridized carbons (Fsp3) is 0.235. The van der Waals surface area contributed by atoms with Gasteiger partial charge in [-0.05, 0) is 42.2 Å². The first kappa shape index (κ1) is 12.7. The molecular formula is C17H18N2O. The summed E-state index contributed by atoms with van der Waals surface area (Å²) in [6.07, 6.45) is 0.873. The molecular weight excluding hydrogens is 248 g/mol. The molecule has 102 valence electrons. The molecule has 1 aliphatic rings. The Labute approximate surface area is 119 Å². The summed E-state index contributed by atoms with van der Waals surface area (Å²) in [5.74, 6) is 0.0944. The summed E-state index contributed by atoms with van der Waals surface area (Å²) in [5.41, 5.74) is 11.0. The van der Waals surface area contributed by atoms with Crippen molar-refractivity contribution in [2.75, 3.05) is 12.3 Å². The van der Waals surface area contributed by atoms with E-state index in [9.17, 15) is 4.79 Å². The maximum Gasteiger partial charge on any atom is 0.254 e. The zero-order valence-electron chi connectivity index (χ0n) is 11.6. The van der Waals surface area contributed by atoms with Gasteiger partial charge in [-0.15, -0.1) is 0 Å². The van der Waals surface area contributed by atoms with Gasteiger partial charge in [-0.2, -0.15) is 0 Å². The van der Waals surface area contributed by atoms with E-state index in [1.165, 1.54) is 5.56 Å². The summed E-state index contributed by atoms with van der Waals surface area (Å²) < 4.78 is 0. The molecule has 0 saturated carbocycles. The Kier molecular flexibility index (Phi) is 3.18. The van der Waals surface area contributed by atoms with E-state index in [1.807, 2.05) is 48.2 Å². The van der Waals surface area contributed by atoms with Gasteiger partial charge < -0.3 is 10.6 Å². The molecule has 2 aromatic carbocycles. The fourth-order valence-corrected chi connectivity index (χ4v) is 2.76. The van der Waals surface area contributed by atoms with E-state index in [2.05, 4.69) is 6.07 Å². The molecule has 0 bridgehead atoms. The summed E-state index contributed by atoms with van der Waals surface area (Å²) in [5, 5.41) is 0. The minimum atomic E-state index is 0.0944. The number of nitrogens with two attached hydrogens (primary N) is 1. The third-order valence-corrected chi connectivity index (χ3v) is 3.97. The molecule has 3 rings (SSSR count). The second kappa shape index (κ2) is 5.00. The standard InChI is InChI=1S/C17H18N2O/c1-12-5-2-3-7-14(12)17(20)19-10-9-13-6-4-8-16(18)15(13)11-19/h2-8H,9-11,18H2,1H3. The zero-order valence-corrected chi connectivity index (χ0v) is 11.6. The molecule has 20 heavy (non-hydrogen) atoms. The molecule has 2 N–H and O–H groups in total. The lowest BCUT2D eigenvalue weighted by Gasteiger charge is -2.30. The average molecular weight is 266 g/mol. The number of carbonyl (C=O) groups excluding carboxylic acids is 1. The van der Waals surface area contributed by atoms with Crippen molar-refractivity contribution in [3.8, 4) is 0 Å². The Bertz CT molecular complexity index is 664. The van der Waals surface area contributed by atoms with Gasteiger partial charge >= 0.3 is 0 Å². The number of hydrogen-bond acceptors (Lipinski definition) is 2. The third kappa shape index (κ3) is 2.16. The second-order valence-corrected chi connectivity index (χ2v) is 5.28. The highest BCUT2D eigenvalue weighted by Crippen LogP contribution is 2.25. The van der Waals surface area contributed by atoms with E-state index in [0.29, 0.717) is 6.54 Å². The molecule has 0 fully saturated rings. The molecule has 0 saturated heterocycles. The Hall–Kier alpha value is -2.29. The molecule has 0 unspecified atom stereocenters. The Morgan fingerprint density at radius 2 is 1.95 bits per heavy atom. The van der Waals surface area contributed by atoms with Crippen LogP contribution in [-0.2, 0) is 13.0 Å². The van der Waals surface area contributed by atoms with E-state index in [0.717, 1.165) is 35.3 Å². The number of benzene rings is 2. The van der Waals surface area contributed by atoms with Crippen molar-refractivity contribution in [1.29, 1.82) is 0 Å². The van der Waals surface area contributed by atoms with Crippen molar-refractivity contribution in [3.05, 3.63) is 64.7 Å². The monoisotopic (exact) mass is 266 g/mol. The first-order valence-electron chi connectivity index (χ1n) is 6.88. The minimum absolute atomic E-state index is 0.0944. The lowest BCUT2D eigenvalue weighted by atomic mass is 9.97. The molecule has 1 aliphatic heterocycles. The van der Waals surface area contributed by atoms with E-state index < -0.39 is 0 Å². The Morgan fingerprint density at radius 3 is 2.75 bits per heavy atom. The molecule has 0 aliphatic carbocycles. The molecule has 0 spiro atoms. The molecule has 3 nitrogen and oxygen atoms in total. The van der Waals surface area contributed by atoms with Gasteiger partial charge in [-0.1, -0.05) is 30.3 Å². The molecule has 2 aromatic rings. The van der Waals surface area contributed by atoms with Gasteiger partial charge in [0.15, 0.2) is 0 Å². The molecule has 0 atom stereocenters. The van der Waals surface area contributed by atoms with Gasteiger partial charge in [0.25, 0.3) is 5.91 Å². The van der Waals surface area contributed by atoms with Crippen LogP contribution < -0.4 is 5.73 Å². The highest BCUT2D eigenvalue weighted by atomic mass is 16.2. The van der Waals surface area contributed by atoms with Crippen LogP contribution >= 0.6 is 0 Å². The van der Waals surface area contributed by atoms with Crippen molar-refractivity contribution >= 4 is 11.6 Å². The molecule has 1 heterocycles. The Balaban J connectivity index is 1.89. The fourth-order valence-electron chi connectivity index (χ4n) is 2.76. The van der Waals surface area contributed by atoms with Gasteiger partial charge in [-0.25, -0.2) is 0 Å². The van der Waals surface area contributed by atoms with E-state index in [4.69, 9.17) is 5.73 Å². The van der Waals surface area contributed by atoms with Gasteiger partial charge in [0.1, 0.15) is 0 Å². The van der Waals surface area contributed by atoms with Crippen LogP contribution in [0.4, 0.5) is 5.69 Å². The first-order valence-corrected chi connectivity index (χ1v) is 6.88. The highest BCUT2D eigenvalue weighted by Gasteiger charge is 2.23. The van der Waals surface area contributed by atoms with Gasteiger partial charge in [-0.3, -0.25) is 4.79 Å². The van der Waals surface area contributed by atoms with Crippen LogP contribution in [0, 0.1) is 6.92 Å². The number of rotatable bonds is 1. The van der Waals surface area contributed by atoms with Crippen LogP contribution in [0.15, 0.2) is 42.5 Å². The van der Waals surface area contributed by atoms with Crippen LogP contribution in [0.25, 0.3) is 0 Å². The van der Waals surface area contributed by atoms with Crippen molar-refractivity contribution in [2.24, 2.45) is 0 Å². The van der Waals surface area contributed by atoms with Gasteiger partial charge in [0.2, 0.25) is 0 Å². The average Bonchev–Trinajstić information content (AvgIpc) is 2.47. The number of carbonyl (C=O) groups is 1. The van der Waals surface area contributed by atoms with Gasteiger partial charge in [0.05, 0.1) is 0 Å². The van der Waals surface area contributed by atoms with Crippen molar-refractivity contribution in [1.82, 2.24) is 4.90 Å². The predicted molar refractivity (Wildman–Crippen MR) is 80.5 cm³/mol. The largest absolute Gasteiger partial charge is 0.398 e. The number of fused-ring (bicyclic) bond motifs is 1. The second-order valence-electron chi connectivity index (χ2n) is 5.28. The summed E-state index contributed by atoms with van der Waals surface area (Å²) >= 11 is 0. The lowest BCUT2D eigenvalue weighted by Crippen LogP contribution is -2.36. The van der Waals surface area contributed by atoms with Crippen molar-refractivity contribution in [2.45, 2.75) is 19.9 Å². The molecule has 1 amide bonds. The zero-order chi connectivity index (χ0) is 14.1. The number of hydrogen-bond donors (Lipinski definition) is 1. The number of aryl methyl sites for hydroxylation is 1. The molecule has 3 heteroatoms. The van der Waals surface area contributed by atoms with Crippen LogP contribution in [0.1, 0.15) is 27.0 Å². The third-order valence-electron chi connectivity index (χ3n) is 3.97. The molecule has 0 radical (unpaired) electrons. The maximum absolute atomic E-state index is 12.6. The van der Waals surface area contributed by atoms with Gasteiger partial charge in [0, 0.05) is 24.3 Å². The summed E-state index contributed by atoms with van der Waals surface area (Å²) in [7, 11) is 0. The Morgan fingerprint density at radius 1 is 1.15 bits per heavy atom. The smallest absolute Gasteiger partial charge is 0.254 e. The lowest BCUT2D eigenvalue weighted by molar-refractivity contribution is 0.0734. The summed E-state index contributed by atoms with van der Waals surface area (Å²) in [4.78, 5) is 14.5. The number of anilines is 1. The van der Waals surface area contributed by atoms with Crippen LogP contribution in [0.3, 0.4) is 0 Å². The normalized spacial score (nSPS) is 13.9. The van der Waals surface area contributed by atoms with Crippen LogP contribution in [0.2, 0.25) is 0 Å². The SMILES string of the molecule is Cc1ccccc1C(=O)N1CCc2cccc(N)c2C1. The maximum atomic E-state index is 12.6. The van der Waals surface area contributed by atoms with E-state index >= 15 is 0 Å². The van der Waals surface area contributed by atoms with Crippen LogP contribution in [0.5, 0.6) is 0 Å². The van der Waals surface area contributed by atoms with Crippen molar-refractivity contribution in [3.63, 3.8) is 0 Å². The number of nitrogen functional groups attached to an aromatic ring is 1. The predicted octanol–water partition coefficient (Wildman–Crippen LogP) is 2.78. The topological polar surface area (TPSA) is 46.3 Å². The number of nitrogens with zero attached hydrogens (tertiary/aromatic N) is 1. The highest BCUT2D eigenvalue weighted by molar-refractivity contribution is 5.95. The summed E-state index contributed by atoms with van der Waals surface area (Å²) in [6.45, 7) is 3.33. The minimum Gasteiger partial charge on any atom is -0.398 e. The van der Waals surface area contributed by atoms with Crippen molar-refractivity contribution < 1.29 is 4.79 Å². The first-order chi connectivity index (χ1) is 9.66. The number of amides is 1. The van der Waals surface area contributed by atoms with E-state index in [1.54, 1.807) is 0 Å².